The van der Waals surface area contributed by atoms with Crippen molar-refractivity contribution in [1.82, 2.24) is 16.0 Å². The normalized spacial score (nSPS) is 15.7. The molecule has 1 unspecified atom stereocenters. The highest BCUT2D eigenvalue weighted by Crippen LogP contribution is 2.37. The van der Waals surface area contributed by atoms with Gasteiger partial charge in [0, 0.05) is 30.9 Å². The zero-order valence-electron chi connectivity index (χ0n) is 24.9. The topological polar surface area (TPSA) is 123 Å². The fraction of sp³-hybridized carbons (Fsp3) is 0.500. The van der Waals surface area contributed by atoms with Crippen LogP contribution in [-0.2, 0) is 20.9 Å². The number of Topliss-reactive ketones (excluding diaryl/α,β-unsaturated/α-hetero) is 1. The minimum absolute atomic E-state index is 0.00546. The fourth-order valence-corrected chi connectivity index (χ4v) is 5.10. The molecule has 0 aromatic heterocycles. The van der Waals surface area contributed by atoms with E-state index in [1.807, 2.05) is 52.0 Å². The van der Waals surface area contributed by atoms with E-state index in [4.69, 9.17) is 9.47 Å². The molecule has 222 valence electrons. The maximum atomic E-state index is 13.4. The molecule has 3 amide bonds. The molecule has 2 aromatic carbocycles. The van der Waals surface area contributed by atoms with Crippen molar-refractivity contribution >= 4 is 23.5 Å². The van der Waals surface area contributed by atoms with E-state index in [1.54, 1.807) is 32.4 Å². The van der Waals surface area contributed by atoms with Crippen LogP contribution < -0.4 is 25.4 Å². The van der Waals surface area contributed by atoms with E-state index in [0.717, 1.165) is 16.9 Å². The first-order valence-electron chi connectivity index (χ1n) is 14.2. The molecule has 9 nitrogen and oxygen atoms in total. The van der Waals surface area contributed by atoms with Gasteiger partial charge in [0.05, 0.1) is 14.2 Å². The number of methoxy groups -OCH3 is 2. The van der Waals surface area contributed by atoms with Crippen LogP contribution in [0.15, 0.2) is 42.5 Å². The molecule has 0 radical (unpaired) electrons. The highest BCUT2D eigenvalue weighted by Gasteiger charge is 2.33. The third-order valence-electron chi connectivity index (χ3n) is 7.19. The third kappa shape index (κ3) is 9.06. The first-order valence-corrected chi connectivity index (χ1v) is 14.2. The Kier molecular flexibility index (Phi) is 11.3. The van der Waals surface area contributed by atoms with Crippen LogP contribution in [0.1, 0.15) is 80.8 Å². The summed E-state index contributed by atoms with van der Waals surface area (Å²) in [6.45, 7) is 8.22. The maximum Gasteiger partial charge on any atom is 0.243 e. The van der Waals surface area contributed by atoms with Gasteiger partial charge in [0.25, 0.3) is 0 Å². The molecule has 0 bridgehead atoms. The number of carbonyl (C=O) groups excluding carboxylic acids is 4. The van der Waals surface area contributed by atoms with Gasteiger partial charge in [0.2, 0.25) is 17.7 Å². The fourth-order valence-electron chi connectivity index (χ4n) is 5.10. The van der Waals surface area contributed by atoms with E-state index in [0.29, 0.717) is 30.7 Å². The molecule has 3 atom stereocenters. The largest absolute Gasteiger partial charge is 0.497 e. The Morgan fingerprint density at radius 1 is 0.829 bits per heavy atom. The summed E-state index contributed by atoms with van der Waals surface area (Å²) >= 11 is 0. The molecular formula is C32H43N3O6. The lowest BCUT2D eigenvalue weighted by Crippen LogP contribution is -2.54. The number of nitrogens with one attached hydrogen (secondary N) is 3. The van der Waals surface area contributed by atoms with Gasteiger partial charge in [-0.1, -0.05) is 39.8 Å². The smallest absolute Gasteiger partial charge is 0.243 e. The van der Waals surface area contributed by atoms with E-state index < -0.39 is 18.0 Å². The van der Waals surface area contributed by atoms with Crippen LogP contribution in [0.25, 0.3) is 0 Å². The summed E-state index contributed by atoms with van der Waals surface area (Å²) in [6, 6.07) is 11.1. The predicted octanol–water partition coefficient (Wildman–Crippen LogP) is 4.14. The van der Waals surface area contributed by atoms with Gasteiger partial charge in [-0.05, 0) is 66.1 Å². The van der Waals surface area contributed by atoms with Crippen LogP contribution in [0.3, 0.4) is 0 Å². The van der Waals surface area contributed by atoms with Gasteiger partial charge in [-0.15, -0.1) is 0 Å². The van der Waals surface area contributed by atoms with Gasteiger partial charge in [-0.2, -0.15) is 0 Å². The highest BCUT2D eigenvalue weighted by atomic mass is 16.5. The van der Waals surface area contributed by atoms with Crippen molar-refractivity contribution in [1.29, 1.82) is 0 Å². The van der Waals surface area contributed by atoms with Gasteiger partial charge < -0.3 is 25.4 Å². The first kappa shape index (κ1) is 31.6. The van der Waals surface area contributed by atoms with Crippen molar-refractivity contribution in [2.45, 2.75) is 77.9 Å². The molecule has 9 heteroatoms. The molecule has 0 heterocycles. The average molecular weight is 566 g/mol. The summed E-state index contributed by atoms with van der Waals surface area (Å²) in [5, 5.41) is 8.68. The lowest BCUT2D eigenvalue weighted by atomic mass is 9.96. The Bertz CT molecular complexity index is 1220. The number of benzene rings is 2. The molecule has 0 spiro atoms. The second-order valence-corrected chi connectivity index (χ2v) is 11.5. The van der Waals surface area contributed by atoms with Crippen molar-refractivity contribution < 1.29 is 28.7 Å². The number of ether oxygens (including phenoxy) is 2. The minimum atomic E-state index is -0.812. The average Bonchev–Trinajstić information content (AvgIpc) is 3.24. The van der Waals surface area contributed by atoms with Gasteiger partial charge >= 0.3 is 0 Å². The lowest BCUT2D eigenvalue weighted by Gasteiger charge is -2.25. The molecule has 0 fully saturated rings. The van der Waals surface area contributed by atoms with E-state index in [-0.39, 0.29) is 48.2 Å². The van der Waals surface area contributed by atoms with Crippen LogP contribution in [-0.4, -0.2) is 49.8 Å². The number of rotatable bonds is 14. The molecule has 0 aliphatic heterocycles. The van der Waals surface area contributed by atoms with E-state index in [1.165, 1.54) is 0 Å². The zero-order valence-corrected chi connectivity index (χ0v) is 24.9. The molecule has 1 aliphatic rings. The van der Waals surface area contributed by atoms with Crippen LogP contribution in [0.5, 0.6) is 11.5 Å². The summed E-state index contributed by atoms with van der Waals surface area (Å²) in [5.41, 5.74) is 2.31. The summed E-state index contributed by atoms with van der Waals surface area (Å²) in [6.07, 6.45) is 1.17. The summed E-state index contributed by atoms with van der Waals surface area (Å²) < 4.78 is 10.5. The second kappa shape index (κ2) is 14.7. The first-order chi connectivity index (χ1) is 19.5. The third-order valence-corrected chi connectivity index (χ3v) is 7.19. The SMILES string of the molecule is COc1ccc(CNC(=O)[C@@H](CC(C)C)NC(=O)[C@H](CC(C)C)NC(=O)CC2CC(=O)c3ccc(OC)cc32)cc1. The lowest BCUT2D eigenvalue weighted by molar-refractivity contribution is -0.132. The monoisotopic (exact) mass is 565 g/mol. The standard InChI is InChI=1S/C32H43N3O6/c1-19(2)13-27(31(38)33-18-21-7-9-23(40-5)10-8-21)35-32(39)28(14-20(3)4)34-30(37)16-22-15-29(36)25-12-11-24(41-6)17-26(22)25/h7-12,17,19-20,22,27-28H,13-16,18H2,1-6H3,(H,33,38)(H,34,37)(H,35,39)/t22?,27-,28+/m1/s1. The van der Waals surface area contributed by atoms with Gasteiger partial charge in [0.1, 0.15) is 23.6 Å². The van der Waals surface area contributed by atoms with Crippen molar-refractivity contribution in [3.63, 3.8) is 0 Å². The number of amides is 3. The van der Waals surface area contributed by atoms with Crippen LogP contribution in [0, 0.1) is 11.8 Å². The molecular weight excluding hydrogens is 522 g/mol. The van der Waals surface area contributed by atoms with Crippen LogP contribution >= 0.6 is 0 Å². The number of ketones is 1. The number of hydrogen-bond acceptors (Lipinski definition) is 6. The van der Waals surface area contributed by atoms with Crippen molar-refractivity contribution in [2.24, 2.45) is 11.8 Å². The second-order valence-electron chi connectivity index (χ2n) is 11.5. The Morgan fingerprint density at radius 3 is 2.00 bits per heavy atom. The molecule has 3 rings (SSSR count). The molecule has 1 aliphatic carbocycles. The van der Waals surface area contributed by atoms with E-state index in [2.05, 4.69) is 16.0 Å². The Balaban J connectivity index is 1.66. The van der Waals surface area contributed by atoms with Crippen molar-refractivity contribution in [3.05, 3.63) is 59.2 Å². The van der Waals surface area contributed by atoms with E-state index >= 15 is 0 Å². The summed E-state index contributed by atoms with van der Waals surface area (Å²) in [7, 11) is 3.15. The number of fused-ring (bicyclic) bond motifs is 1. The molecule has 0 saturated carbocycles. The van der Waals surface area contributed by atoms with Gasteiger partial charge in [-0.25, -0.2) is 0 Å². The quantitative estimate of drug-likeness (QED) is 0.316. The van der Waals surface area contributed by atoms with Crippen LogP contribution in [0.4, 0.5) is 0 Å². The summed E-state index contributed by atoms with van der Waals surface area (Å²) in [4.78, 5) is 52.2. The van der Waals surface area contributed by atoms with Crippen molar-refractivity contribution in [3.8, 4) is 11.5 Å². The molecule has 0 saturated heterocycles. The van der Waals surface area contributed by atoms with E-state index in [9.17, 15) is 19.2 Å². The number of carbonyl (C=O) groups is 4. The zero-order chi connectivity index (χ0) is 30.1. The van der Waals surface area contributed by atoms with Crippen molar-refractivity contribution in [2.75, 3.05) is 14.2 Å². The highest BCUT2D eigenvalue weighted by molar-refractivity contribution is 6.02. The Morgan fingerprint density at radius 2 is 1.41 bits per heavy atom. The maximum absolute atomic E-state index is 13.4. The van der Waals surface area contributed by atoms with Gasteiger partial charge in [0.15, 0.2) is 5.78 Å². The molecule has 41 heavy (non-hydrogen) atoms. The Hall–Kier alpha value is -3.88. The summed E-state index contributed by atoms with van der Waals surface area (Å²) in [5.74, 6) is 0.340. The van der Waals surface area contributed by atoms with Gasteiger partial charge in [-0.3, -0.25) is 19.2 Å². The van der Waals surface area contributed by atoms with Crippen LogP contribution in [0.2, 0.25) is 0 Å². The predicted molar refractivity (Wildman–Crippen MR) is 157 cm³/mol. The Labute approximate surface area is 242 Å². The minimum Gasteiger partial charge on any atom is -0.497 e. The molecule has 3 N–H and O–H groups in total. The number of hydrogen-bond donors (Lipinski definition) is 3. The molecule has 2 aromatic rings.